The molecule has 2 N–H and O–H groups in total. The lowest BCUT2D eigenvalue weighted by molar-refractivity contribution is -0.143. The van der Waals surface area contributed by atoms with E-state index >= 15 is 0 Å². The van der Waals surface area contributed by atoms with Crippen LogP contribution in [0.25, 0.3) is 0 Å². The number of aryl methyl sites for hydroxylation is 2. The van der Waals surface area contributed by atoms with Crippen LogP contribution in [0.5, 0.6) is 11.5 Å². The monoisotopic (exact) mass is 483 g/mol. The summed E-state index contributed by atoms with van der Waals surface area (Å²) < 4.78 is 16.0. The lowest BCUT2D eigenvalue weighted by Gasteiger charge is -2.28. The molecule has 1 atom stereocenters. The number of carbonyl (C=O) groups excluding carboxylic acids is 1. The number of hydrogen-bond acceptors (Lipinski definition) is 8. The van der Waals surface area contributed by atoms with Gasteiger partial charge in [-0.2, -0.15) is 5.26 Å². The van der Waals surface area contributed by atoms with E-state index in [2.05, 4.69) is 30.2 Å². The Morgan fingerprint density at radius 3 is 2.69 bits per heavy atom. The Hall–Kier alpha value is -3.15. The highest BCUT2D eigenvalue weighted by Crippen LogP contribution is 2.22. The van der Waals surface area contributed by atoms with E-state index in [0.717, 1.165) is 25.0 Å². The highest BCUT2D eigenvalue weighted by atomic mass is 16.5. The second-order valence-electron chi connectivity index (χ2n) is 8.96. The van der Waals surface area contributed by atoms with Crippen LogP contribution >= 0.6 is 0 Å². The van der Waals surface area contributed by atoms with Gasteiger partial charge < -0.3 is 24.6 Å². The minimum atomic E-state index is -0.751. The van der Waals surface area contributed by atoms with E-state index in [9.17, 15) is 15.2 Å². The third kappa shape index (κ3) is 9.93. The normalized spacial score (nSPS) is 12.0. The minimum absolute atomic E-state index is 0.0306. The van der Waals surface area contributed by atoms with Gasteiger partial charge in [0.2, 0.25) is 0 Å². The molecule has 8 nitrogen and oxygen atoms in total. The number of nitriles is 1. The molecule has 0 fully saturated rings. The third-order valence-electron chi connectivity index (χ3n) is 5.60. The summed E-state index contributed by atoms with van der Waals surface area (Å²) in [7, 11) is 1.68. The van der Waals surface area contributed by atoms with Crippen molar-refractivity contribution in [3.8, 4) is 17.6 Å². The molecule has 0 bridgehead atoms. The molecule has 0 saturated heterocycles. The zero-order valence-electron chi connectivity index (χ0n) is 21.2. The molecule has 1 unspecified atom stereocenters. The van der Waals surface area contributed by atoms with Crippen LogP contribution in [-0.2, 0) is 22.4 Å². The van der Waals surface area contributed by atoms with Gasteiger partial charge in [-0.1, -0.05) is 18.2 Å². The fourth-order valence-electron chi connectivity index (χ4n) is 3.64. The Morgan fingerprint density at radius 2 is 1.97 bits per heavy atom. The van der Waals surface area contributed by atoms with E-state index in [1.54, 1.807) is 26.2 Å². The van der Waals surface area contributed by atoms with E-state index in [1.165, 1.54) is 5.56 Å². The van der Waals surface area contributed by atoms with Crippen molar-refractivity contribution in [2.24, 2.45) is 0 Å². The van der Waals surface area contributed by atoms with Crippen molar-refractivity contribution in [3.63, 3.8) is 0 Å². The molecule has 0 amide bonds. The molecule has 0 saturated carbocycles. The van der Waals surface area contributed by atoms with Crippen LogP contribution in [0, 0.1) is 11.3 Å². The standard InChI is InChI=1S/C27H37N3O5/c1-5-34-26(32)15-13-21-12-14-25(23(17-28)30-21)35-19-22(31)18-29-27(2,3)16-8-10-20-9-6-7-11-24(20)33-4/h6-7,9,11-12,14,22,29,31H,5,8,10,13,15-16,18-19H2,1-4H3. The van der Waals surface area contributed by atoms with Gasteiger partial charge in [0.05, 0.1) is 20.1 Å². The lowest BCUT2D eigenvalue weighted by atomic mass is 9.95. The molecule has 1 heterocycles. The quantitative estimate of drug-likeness (QED) is 0.370. The smallest absolute Gasteiger partial charge is 0.306 e. The van der Waals surface area contributed by atoms with E-state index < -0.39 is 6.10 Å². The number of aliphatic hydroxyl groups excluding tert-OH is 1. The van der Waals surface area contributed by atoms with Gasteiger partial charge in [0.25, 0.3) is 0 Å². The number of aliphatic hydroxyl groups is 1. The van der Waals surface area contributed by atoms with Gasteiger partial charge >= 0.3 is 5.97 Å². The second-order valence-corrected chi connectivity index (χ2v) is 8.96. The van der Waals surface area contributed by atoms with E-state index in [1.807, 2.05) is 24.3 Å². The first-order valence-corrected chi connectivity index (χ1v) is 12.0. The highest BCUT2D eigenvalue weighted by Gasteiger charge is 2.19. The summed E-state index contributed by atoms with van der Waals surface area (Å²) in [6.07, 6.45) is 2.65. The summed E-state index contributed by atoms with van der Waals surface area (Å²) in [5, 5.41) is 23.2. The fraction of sp³-hybridized carbons (Fsp3) is 0.519. The topological polar surface area (TPSA) is 114 Å². The highest BCUT2D eigenvalue weighted by molar-refractivity contribution is 5.69. The molecular formula is C27H37N3O5. The molecule has 0 spiro atoms. The Bertz CT molecular complexity index is 987. The molecule has 2 rings (SSSR count). The molecule has 8 heteroatoms. The Labute approximate surface area is 208 Å². The van der Waals surface area contributed by atoms with E-state index in [-0.39, 0.29) is 30.2 Å². The number of pyridine rings is 1. The third-order valence-corrected chi connectivity index (χ3v) is 5.60. The summed E-state index contributed by atoms with van der Waals surface area (Å²) >= 11 is 0. The van der Waals surface area contributed by atoms with Crippen molar-refractivity contribution in [1.29, 1.82) is 5.26 Å². The van der Waals surface area contributed by atoms with Crippen molar-refractivity contribution in [1.82, 2.24) is 10.3 Å². The SMILES string of the molecule is CCOC(=O)CCc1ccc(OCC(O)CNC(C)(C)CCCc2ccccc2OC)c(C#N)n1. The van der Waals surface area contributed by atoms with Gasteiger partial charge in [0, 0.05) is 24.2 Å². The molecule has 190 valence electrons. The van der Waals surface area contributed by atoms with Gasteiger partial charge in [-0.05, 0) is 63.8 Å². The van der Waals surface area contributed by atoms with Crippen LogP contribution < -0.4 is 14.8 Å². The molecule has 1 aromatic carbocycles. The summed E-state index contributed by atoms with van der Waals surface area (Å²) in [6.45, 7) is 6.69. The number of benzene rings is 1. The summed E-state index contributed by atoms with van der Waals surface area (Å²) in [5.41, 5.74) is 1.76. The number of rotatable bonds is 15. The van der Waals surface area contributed by atoms with Crippen molar-refractivity contribution in [2.75, 3.05) is 26.9 Å². The zero-order chi connectivity index (χ0) is 25.7. The molecule has 1 aromatic heterocycles. The maximum atomic E-state index is 11.5. The predicted molar refractivity (Wildman–Crippen MR) is 133 cm³/mol. The molecule has 0 radical (unpaired) electrons. The summed E-state index contributed by atoms with van der Waals surface area (Å²) in [5.74, 6) is 0.915. The van der Waals surface area contributed by atoms with Crippen LogP contribution in [0.3, 0.4) is 0 Å². The summed E-state index contributed by atoms with van der Waals surface area (Å²) in [6, 6.07) is 13.4. The lowest BCUT2D eigenvalue weighted by Crippen LogP contribution is -2.44. The number of ether oxygens (including phenoxy) is 3. The number of aromatic nitrogens is 1. The van der Waals surface area contributed by atoms with Crippen LogP contribution in [0.15, 0.2) is 36.4 Å². The van der Waals surface area contributed by atoms with E-state index in [4.69, 9.17) is 14.2 Å². The average molecular weight is 484 g/mol. The number of β-amino-alcohol motifs (C(OH)–C–C–N with tert-alkyl or cyclic N) is 1. The number of para-hydroxylation sites is 1. The second kappa shape index (κ2) is 14.3. The molecular weight excluding hydrogens is 446 g/mol. The zero-order valence-corrected chi connectivity index (χ0v) is 21.2. The average Bonchev–Trinajstić information content (AvgIpc) is 2.85. The van der Waals surface area contributed by atoms with Gasteiger partial charge in [0.1, 0.15) is 24.5 Å². The van der Waals surface area contributed by atoms with Crippen molar-refractivity contribution in [2.45, 2.75) is 64.5 Å². The number of carbonyl (C=O) groups is 1. The molecule has 0 aliphatic rings. The van der Waals surface area contributed by atoms with Crippen LogP contribution in [0.4, 0.5) is 0 Å². The Morgan fingerprint density at radius 1 is 1.20 bits per heavy atom. The van der Waals surface area contributed by atoms with Gasteiger partial charge in [-0.25, -0.2) is 4.98 Å². The van der Waals surface area contributed by atoms with Crippen molar-refractivity contribution in [3.05, 3.63) is 53.3 Å². The number of methoxy groups -OCH3 is 1. The van der Waals surface area contributed by atoms with Crippen LogP contribution in [-0.4, -0.2) is 54.6 Å². The number of nitrogens with zero attached hydrogens (tertiary/aromatic N) is 2. The van der Waals surface area contributed by atoms with E-state index in [0.29, 0.717) is 31.0 Å². The van der Waals surface area contributed by atoms with Gasteiger partial charge in [-0.15, -0.1) is 0 Å². The number of hydrogen-bond donors (Lipinski definition) is 2. The summed E-state index contributed by atoms with van der Waals surface area (Å²) in [4.78, 5) is 15.8. The number of nitrogens with one attached hydrogen (secondary N) is 1. The largest absolute Gasteiger partial charge is 0.496 e. The Kier molecular flexibility index (Phi) is 11.5. The predicted octanol–water partition coefficient (Wildman–Crippen LogP) is 3.59. The Balaban J connectivity index is 1.77. The fourth-order valence-corrected chi connectivity index (χ4v) is 3.64. The maximum absolute atomic E-state index is 11.5. The first kappa shape index (κ1) is 28.1. The van der Waals surface area contributed by atoms with Crippen molar-refractivity contribution >= 4 is 5.97 Å². The van der Waals surface area contributed by atoms with Gasteiger partial charge in [0.15, 0.2) is 11.4 Å². The van der Waals surface area contributed by atoms with Crippen LogP contribution in [0.2, 0.25) is 0 Å². The molecule has 0 aliphatic heterocycles. The maximum Gasteiger partial charge on any atom is 0.306 e. The molecule has 2 aromatic rings. The van der Waals surface area contributed by atoms with Crippen LogP contribution in [0.1, 0.15) is 57.0 Å². The molecule has 0 aliphatic carbocycles. The minimum Gasteiger partial charge on any atom is -0.496 e. The van der Waals surface area contributed by atoms with Gasteiger partial charge in [-0.3, -0.25) is 4.79 Å². The molecule has 35 heavy (non-hydrogen) atoms. The number of esters is 1. The first-order chi connectivity index (χ1) is 16.8. The first-order valence-electron chi connectivity index (χ1n) is 12.0. The van der Waals surface area contributed by atoms with Crippen molar-refractivity contribution < 1.29 is 24.1 Å².